The second-order valence-electron chi connectivity index (χ2n) is 5.64. The van der Waals surface area contributed by atoms with E-state index in [1.165, 1.54) is 30.6 Å². The summed E-state index contributed by atoms with van der Waals surface area (Å²) < 4.78 is 0. The Hall–Kier alpha value is -0.930. The maximum atomic E-state index is 4.51. The van der Waals surface area contributed by atoms with E-state index in [0.717, 1.165) is 13.1 Å². The van der Waals surface area contributed by atoms with Crippen molar-refractivity contribution < 1.29 is 0 Å². The zero-order valence-corrected chi connectivity index (χ0v) is 11.8. The number of nitrogens with one attached hydrogen (secondary N) is 1. The van der Waals surface area contributed by atoms with E-state index in [1.807, 2.05) is 6.20 Å². The maximum Gasteiger partial charge on any atom is 0.0544 e. The monoisotopic (exact) mass is 247 g/mol. The van der Waals surface area contributed by atoms with Gasteiger partial charge in [0, 0.05) is 31.4 Å². The predicted molar refractivity (Wildman–Crippen MR) is 75.5 cm³/mol. The fourth-order valence-corrected chi connectivity index (χ4v) is 2.45. The number of nitrogens with zero attached hydrogens (tertiary/aromatic N) is 2. The molecule has 1 aromatic heterocycles. The highest BCUT2D eigenvalue weighted by Gasteiger charge is 2.19. The van der Waals surface area contributed by atoms with Gasteiger partial charge in [-0.05, 0) is 51.8 Å². The number of hydrogen-bond donors (Lipinski definition) is 1. The van der Waals surface area contributed by atoms with Crippen LogP contribution >= 0.6 is 0 Å². The van der Waals surface area contributed by atoms with Crippen LogP contribution in [0.15, 0.2) is 18.3 Å². The third-order valence-electron chi connectivity index (χ3n) is 3.69. The summed E-state index contributed by atoms with van der Waals surface area (Å²) in [6.07, 6.45) is 4.59. The Balaban J connectivity index is 1.94. The Morgan fingerprint density at radius 2 is 2.28 bits per heavy atom. The van der Waals surface area contributed by atoms with Crippen LogP contribution < -0.4 is 5.32 Å². The number of aryl methyl sites for hydroxylation is 1. The fraction of sp³-hybridized carbons (Fsp3) is 0.667. The molecule has 1 unspecified atom stereocenters. The van der Waals surface area contributed by atoms with Gasteiger partial charge in [0.15, 0.2) is 0 Å². The molecule has 0 radical (unpaired) electrons. The van der Waals surface area contributed by atoms with Gasteiger partial charge in [0.2, 0.25) is 0 Å². The molecule has 1 saturated heterocycles. The highest BCUT2D eigenvalue weighted by Crippen LogP contribution is 2.12. The smallest absolute Gasteiger partial charge is 0.0544 e. The van der Waals surface area contributed by atoms with Crippen LogP contribution in [-0.2, 0) is 6.54 Å². The lowest BCUT2D eigenvalue weighted by Crippen LogP contribution is -2.40. The van der Waals surface area contributed by atoms with Crippen LogP contribution in [0.5, 0.6) is 0 Å². The van der Waals surface area contributed by atoms with Gasteiger partial charge in [0.25, 0.3) is 0 Å². The minimum Gasteiger partial charge on any atom is -0.313 e. The van der Waals surface area contributed by atoms with Gasteiger partial charge >= 0.3 is 0 Å². The van der Waals surface area contributed by atoms with Gasteiger partial charge in [-0.1, -0.05) is 6.07 Å². The summed E-state index contributed by atoms with van der Waals surface area (Å²) >= 11 is 0. The van der Waals surface area contributed by atoms with Crippen molar-refractivity contribution in [3.63, 3.8) is 0 Å². The van der Waals surface area contributed by atoms with E-state index in [-0.39, 0.29) is 0 Å². The topological polar surface area (TPSA) is 28.2 Å². The molecule has 3 heteroatoms. The summed E-state index contributed by atoms with van der Waals surface area (Å²) in [7, 11) is 0. The van der Waals surface area contributed by atoms with Crippen LogP contribution in [0.25, 0.3) is 0 Å². The average molecular weight is 247 g/mol. The summed E-state index contributed by atoms with van der Waals surface area (Å²) in [4.78, 5) is 7.03. The first-order chi connectivity index (χ1) is 8.65. The maximum absolute atomic E-state index is 4.51. The van der Waals surface area contributed by atoms with Crippen LogP contribution in [0.3, 0.4) is 0 Å². The van der Waals surface area contributed by atoms with Gasteiger partial charge in [0.05, 0.1) is 5.69 Å². The highest BCUT2D eigenvalue weighted by atomic mass is 15.2. The van der Waals surface area contributed by atoms with Crippen molar-refractivity contribution in [1.82, 2.24) is 15.2 Å². The summed E-state index contributed by atoms with van der Waals surface area (Å²) in [5.74, 6) is 0. The minimum absolute atomic E-state index is 0.565. The standard InChI is InChI=1S/C15H25N3/c1-12(2)18(10-14-5-4-8-16-14)11-15-7-6-13(3)9-17-15/h6-7,9,12,14,16H,4-5,8,10-11H2,1-3H3. The van der Waals surface area contributed by atoms with Crippen molar-refractivity contribution in [2.45, 2.75) is 52.2 Å². The number of hydrogen-bond acceptors (Lipinski definition) is 3. The van der Waals surface area contributed by atoms with E-state index in [2.05, 4.69) is 48.1 Å². The molecule has 0 bridgehead atoms. The Labute approximate surface area is 111 Å². The second kappa shape index (κ2) is 6.30. The van der Waals surface area contributed by atoms with E-state index in [4.69, 9.17) is 0 Å². The zero-order chi connectivity index (χ0) is 13.0. The molecule has 18 heavy (non-hydrogen) atoms. The Morgan fingerprint density at radius 3 is 2.83 bits per heavy atom. The Kier molecular flexibility index (Phi) is 4.72. The zero-order valence-electron chi connectivity index (χ0n) is 11.8. The molecule has 1 aliphatic rings. The van der Waals surface area contributed by atoms with Crippen LogP contribution in [0, 0.1) is 6.92 Å². The molecule has 0 amide bonds. The average Bonchev–Trinajstić information content (AvgIpc) is 2.84. The van der Waals surface area contributed by atoms with Gasteiger partial charge in [-0.3, -0.25) is 9.88 Å². The summed E-state index contributed by atoms with van der Waals surface area (Å²) in [5, 5.41) is 3.57. The molecule has 1 atom stereocenters. The molecule has 1 fully saturated rings. The largest absolute Gasteiger partial charge is 0.313 e. The molecule has 1 aliphatic heterocycles. The van der Waals surface area contributed by atoms with Gasteiger partial charge in [-0.15, -0.1) is 0 Å². The predicted octanol–water partition coefficient (Wildman–Crippen LogP) is 2.35. The van der Waals surface area contributed by atoms with E-state index in [1.54, 1.807) is 0 Å². The van der Waals surface area contributed by atoms with Crippen molar-refractivity contribution in [3.8, 4) is 0 Å². The number of aromatic nitrogens is 1. The van der Waals surface area contributed by atoms with Gasteiger partial charge in [-0.2, -0.15) is 0 Å². The lowest BCUT2D eigenvalue weighted by molar-refractivity contribution is 0.192. The summed E-state index contributed by atoms with van der Waals surface area (Å²) in [5.41, 5.74) is 2.40. The summed E-state index contributed by atoms with van der Waals surface area (Å²) in [6.45, 7) is 9.88. The molecule has 3 nitrogen and oxygen atoms in total. The molecule has 100 valence electrons. The molecule has 0 aromatic carbocycles. The van der Waals surface area contributed by atoms with Crippen LogP contribution in [-0.4, -0.2) is 35.1 Å². The number of pyridine rings is 1. The van der Waals surface area contributed by atoms with Gasteiger partial charge in [-0.25, -0.2) is 0 Å². The molecule has 1 N–H and O–H groups in total. The third kappa shape index (κ3) is 3.79. The van der Waals surface area contributed by atoms with Crippen LogP contribution in [0.1, 0.15) is 37.9 Å². The van der Waals surface area contributed by atoms with Crippen LogP contribution in [0.4, 0.5) is 0 Å². The van der Waals surface area contributed by atoms with Crippen molar-refractivity contribution >= 4 is 0 Å². The summed E-state index contributed by atoms with van der Waals surface area (Å²) in [6, 6.07) is 5.52. The van der Waals surface area contributed by atoms with Crippen molar-refractivity contribution in [2.75, 3.05) is 13.1 Å². The van der Waals surface area contributed by atoms with Gasteiger partial charge < -0.3 is 5.32 Å². The number of rotatable bonds is 5. The van der Waals surface area contributed by atoms with E-state index < -0.39 is 0 Å². The molecule has 1 aromatic rings. The molecular weight excluding hydrogens is 222 g/mol. The molecule has 0 aliphatic carbocycles. The quantitative estimate of drug-likeness (QED) is 0.865. The first-order valence-electron chi connectivity index (χ1n) is 7.04. The normalized spacial score (nSPS) is 19.9. The molecule has 2 heterocycles. The van der Waals surface area contributed by atoms with Crippen molar-refractivity contribution in [3.05, 3.63) is 29.6 Å². The van der Waals surface area contributed by atoms with E-state index in [9.17, 15) is 0 Å². The Morgan fingerprint density at radius 1 is 1.44 bits per heavy atom. The molecule has 0 saturated carbocycles. The van der Waals surface area contributed by atoms with E-state index >= 15 is 0 Å². The lowest BCUT2D eigenvalue weighted by atomic mass is 10.1. The second-order valence-corrected chi connectivity index (χ2v) is 5.64. The lowest BCUT2D eigenvalue weighted by Gasteiger charge is -2.29. The van der Waals surface area contributed by atoms with Crippen LogP contribution in [0.2, 0.25) is 0 Å². The SMILES string of the molecule is Cc1ccc(CN(CC2CCCN2)C(C)C)nc1. The Bertz CT molecular complexity index is 353. The van der Waals surface area contributed by atoms with Crippen molar-refractivity contribution in [1.29, 1.82) is 0 Å². The third-order valence-corrected chi connectivity index (χ3v) is 3.69. The molecule has 0 spiro atoms. The highest BCUT2D eigenvalue weighted by molar-refractivity contribution is 5.12. The molecular formula is C15H25N3. The minimum atomic E-state index is 0.565. The van der Waals surface area contributed by atoms with E-state index in [0.29, 0.717) is 12.1 Å². The van der Waals surface area contributed by atoms with Crippen molar-refractivity contribution in [2.24, 2.45) is 0 Å². The first kappa shape index (κ1) is 13.5. The van der Waals surface area contributed by atoms with Gasteiger partial charge in [0.1, 0.15) is 0 Å². The molecule has 2 rings (SSSR count). The fourth-order valence-electron chi connectivity index (χ4n) is 2.45. The first-order valence-corrected chi connectivity index (χ1v) is 7.04.